The molecule has 0 spiro atoms. The molecule has 3 rings (SSSR count). The fourth-order valence-corrected chi connectivity index (χ4v) is 2.70. The minimum absolute atomic E-state index is 0.119. The molecule has 128 valence electrons. The van der Waals surface area contributed by atoms with Crippen molar-refractivity contribution < 1.29 is 9.53 Å². The van der Waals surface area contributed by atoms with Crippen molar-refractivity contribution in [3.8, 4) is 5.75 Å². The van der Waals surface area contributed by atoms with Crippen LogP contribution in [-0.2, 0) is 18.4 Å². The number of amides is 1. The van der Waals surface area contributed by atoms with E-state index in [2.05, 4.69) is 20.8 Å². The van der Waals surface area contributed by atoms with Crippen LogP contribution in [0.1, 0.15) is 5.56 Å². The number of benzene rings is 2. The molecule has 0 fully saturated rings. The summed E-state index contributed by atoms with van der Waals surface area (Å²) in [6, 6.07) is 17.2. The van der Waals surface area contributed by atoms with Crippen LogP contribution in [0.4, 0.5) is 5.69 Å². The second-order valence-electron chi connectivity index (χ2n) is 5.22. The molecule has 25 heavy (non-hydrogen) atoms. The summed E-state index contributed by atoms with van der Waals surface area (Å²) < 4.78 is 7.24. The van der Waals surface area contributed by atoms with E-state index in [9.17, 15) is 4.79 Å². The second kappa shape index (κ2) is 8.29. The van der Waals surface area contributed by atoms with Crippen molar-refractivity contribution >= 4 is 23.4 Å². The topological polar surface area (TPSA) is 81.9 Å². The lowest BCUT2D eigenvalue weighted by atomic mass is 10.2. The Bertz CT molecular complexity index is 821. The molecule has 1 aromatic heterocycles. The van der Waals surface area contributed by atoms with Crippen molar-refractivity contribution in [3.63, 3.8) is 0 Å². The van der Waals surface area contributed by atoms with E-state index in [1.165, 1.54) is 16.4 Å². The third kappa shape index (κ3) is 5.05. The van der Waals surface area contributed by atoms with Crippen LogP contribution in [0.2, 0.25) is 0 Å². The van der Waals surface area contributed by atoms with Gasteiger partial charge in [-0.05, 0) is 40.3 Å². The van der Waals surface area contributed by atoms with Crippen molar-refractivity contribution in [1.29, 1.82) is 0 Å². The highest BCUT2D eigenvalue weighted by molar-refractivity contribution is 7.99. The van der Waals surface area contributed by atoms with E-state index in [1.54, 1.807) is 7.05 Å². The van der Waals surface area contributed by atoms with E-state index in [4.69, 9.17) is 4.74 Å². The molecule has 0 unspecified atom stereocenters. The monoisotopic (exact) mass is 355 g/mol. The first-order valence-corrected chi connectivity index (χ1v) is 8.61. The molecule has 0 bridgehead atoms. The zero-order valence-electron chi connectivity index (χ0n) is 13.6. The summed E-state index contributed by atoms with van der Waals surface area (Å²) in [5.74, 6) is 0.868. The number of hydrogen-bond acceptors (Lipinski definition) is 6. The number of nitrogens with zero attached hydrogens (tertiary/aromatic N) is 4. The van der Waals surface area contributed by atoms with E-state index in [0.717, 1.165) is 11.3 Å². The Balaban J connectivity index is 1.47. The average Bonchev–Trinajstić information content (AvgIpc) is 3.05. The van der Waals surface area contributed by atoms with Gasteiger partial charge in [0.05, 0.1) is 5.75 Å². The second-order valence-corrected chi connectivity index (χ2v) is 6.16. The molecule has 0 aliphatic rings. The Kier molecular flexibility index (Phi) is 5.63. The molecule has 1 amide bonds. The van der Waals surface area contributed by atoms with Gasteiger partial charge in [0.1, 0.15) is 12.4 Å². The van der Waals surface area contributed by atoms with Crippen molar-refractivity contribution in [2.45, 2.75) is 11.8 Å². The predicted octanol–water partition coefficient (Wildman–Crippen LogP) is 2.52. The summed E-state index contributed by atoms with van der Waals surface area (Å²) in [5.41, 5.74) is 1.82. The van der Waals surface area contributed by atoms with Crippen LogP contribution in [0.25, 0.3) is 0 Å². The summed E-state index contributed by atoms with van der Waals surface area (Å²) >= 11 is 1.28. The highest BCUT2D eigenvalue weighted by Crippen LogP contribution is 2.18. The maximum absolute atomic E-state index is 12.0. The number of tetrazole rings is 1. The van der Waals surface area contributed by atoms with Crippen LogP contribution in [-0.4, -0.2) is 31.9 Å². The van der Waals surface area contributed by atoms with E-state index in [1.807, 2.05) is 54.6 Å². The van der Waals surface area contributed by atoms with Gasteiger partial charge in [-0.3, -0.25) is 4.79 Å². The number of anilines is 1. The molecule has 7 nitrogen and oxygen atoms in total. The zero-order valence-corrected chi connectivity index (χ0v) is 14.4. The maximum Gasteiger partial charge on any atom is 0.234 e. The average molecular weight is 355 g/mol. The number of carbonyl (C=O) groups excluding carboxylic acids is 1. The molecule has 0 aliphatic heterocycles. The Morgan fingerprint density at radius 2 is 1.92 bits per heavy atom. The van der Waals surface area contributed by atoms with Crippen LogP contribution >= 0.6 is 11.8 Å². The predicted molar refractivity (Wildman–Crippen MR) is 95.4 cm³/mol. The smallest absolute Gasteiger partial charge is 0.234 e. The molecule has 0 radical (unpaired) electrons. The van der Waals surface area contributed by atoms with Gasteiger partial charge >= 0.3 is 0 Å². The normalized spacial score (nSPS) is 10.4. The standard InChI is InChI=1S/C17H17N5O2S/c1-22-17(19-20-21-22)25-12-16(23)18-14-7-9-15(10-8-14)24-11-13-5-3-2-4-6-13/h2-10H,11-12H2,1H3,(H,18,23). The highest BCUT2D eigenvalue weighted by Gasteiger charge is 2.08. The summed E-state index contributed by atoms with van der Waals surface area (Å²) in [5, 5.41) is 14.5. The molecule has 0 saturated carbocycles. The van der Waals surface area contributed by atoms with Gasteiger partial charge in [0.15, 0.2) is 0 Å². The number of carbonyl (C=O) groups is 1. The summed E-state index contributed by atoms with van der Waals surface area (Å²) in [4.78, 5) is 12.0. The third-order valence-electron chi connectivity index (χ3n) is 3.30. The molecule has 3 aromatic rings. The fraction of sp³-hybridized carbons (Fsp3) is 0.176. The summed E-state index contributed by atoms with van der Waals surface area (Å²) in [7, 11) is 1.73. The van der Waals surface area contributed by atoms with Crippen LogP contribution in [0.5, 0.6) is 5.75 Å². The molecule has 8 heteroatoms. The molecular formula is C17H17N5O2S. The van der Waals surface area contributed by atoms with Crippen LogP contribution in [0.15, 0.2) is 59.8 Å². The highest BCUT2D eigenvalue weighted by atomic mass is 32.2. The van der Waals surface area contributed by atoms with E-state index in [-0.39, 0.29) is 11.7 Å². The first kappa shape index (κ1) is 17.0. The minimum Gasteiger partial charge on any atom is -0.489 e. The third-order valence-corrected chi connectivity index (χ3v) is 4.31. The number of aryl methyl sites for hydroxylation is 1. The van der Waals surface area contributed by atoms with Crippen molar-refractivity contribution in [3.05, 3.63) is 60.2 Å². The number of hydrogen-bond donors (Lipinski definition) is 1. The fourth-order valence-electron chi connectivity index (χ4n) is 2.05. The minimum atomic E-state index is -0.119. The van der Waals surface area contributed by atoms with Gasteiger partial charge in [-0.25, -0.2) is 4.68 Å². The molecule has 1 heterocycles. The first-order chi connectivity index (χ1) is 12.2. The van der Waals surface area contributed by atoms with Crippen molar-refractivity contribution in [2.24, 2.45) is 7.05 Å². The zero-order chi connectivity index (χ0) is 17.5. The quantitative estimate of drug-likeness (QED) is 0.656. The number of thioether (sulfide) groups is 1. The Labute approximate surface area is 149 Å². The van der Waals surface area contributed by atoms with Crippen molar-refractivity contribution in [2.75, 3.05) is 11.1 Å². The lowest BCUT2D eigenvalue weighted by molar-refractivity contribution is -0.113. The van der Waals surface area contributed by atoms with Gasteiger partial charge in [0.25, 0.3) is 0 Å². The lowest BCUT2D eigenvalue weighted by Crippen LogP contribution is -2.14. The van der Waals surface area contributed by atoms with Crippen molar-refractivity contribution in [1.82, 2.24) is 20.2 Å². The number of nitrogens with one attached hydrogen (secondary N) is 1. The van der Waals surface area contributed by atoms with Crippen LogP contribution in [0, 0.1) is 0 Å². The molecule has 1 N–H and O–H groups in total. The van der Waals surface area contributed by atoms with Gasteiger partial charge < -0.3 is 10.1 Å². The largest absolute Gasteiger partial charge is 0.489 e. The number of rotatable bonds is 7. The van der Waals surface area contributed by atoms with E-state index >= 15 is 0 Å². The molecule has 2 aromatic carbocycles. The van der Waals surface area contributed by atoms with Gasteiger partial charge in [-0.1, -0.05) is 42.1 Å². The maximum atomic E-state index is 12.0. The summed E-state index contributed by atoms with van der Waals surface area (Å²) in [6.07, 6.45) is 0. The molecule has 0 aliphatic carbocycles. The number of aromatic nitrogens is 4. The van der Waals surface area contributed by atoms with Crippen LogP contribution < -0.4 is 10.1 Å². The Morgan fingerprint density at radius 3 is 2.60 bits per heavy atom. The van der Waals surface area contributed by atoms with Gasteiger partial charge in [-0.15, -0.1) is 5.10 Å². The molecule has 0 saturated heterocycles. The van der Waals surface area contributed by atoms with E-state index in [0.29, 0.717) is 17.5 Å². The van der Waals surface area contributed by atoms with Gasteiger partial charge in [0, 0.05) is 12.7 Å². The first-order valence-electron chi connectivity index (χ1n) is 7.62. The summed E-state index contributed by atoms with van der Waals surface area (Å²) in [6.45, 7) is 0.509. The van der Waals surface area contributed by atoms with Gasteiger partial charge in [-0.2, -0.15) is 0 Å². The number of ether oxygens (including phenoxy) is 1. The molecular weight excluding hydrogens is 338 g/mol. The molecule has 0 atom stereocenters. The SMILES string of the molecule is Cn1nnnc1SCC(=O)Nc1ccc(OCc2ccccc2)cc1. The Hall–Kier alpha value is -2.87. The van der Waals surface area contributed by atoms with Crippen LogP contribution in [0.3, 0.4) is 0 Å². The van der Waals surface area contributed by atoms with Gasteiger partial charge in [0.2, 0.25) is 11.1 Å². The van der Waals surface area contributed by atoms with E-state index < -0.39 is 0 Å². The lowest BCUT2D eigenvalue weighted by Gasteiger charge is -2.08. The Morgan fingerprint density at radius 1 is 1.16 bits per heavy atom.